The van der Waals surface area contributed by atoms with E-state index in [-0.39, 0.29) is 12.5 Å². The quantitative estimate of drug-likeness (QED) is 0.830. The van der Waals surface area contributed by atoms with Gasteiger partial charge in [0.25, 0.3) is 5.91 Å². The van der Waals surface area contributed by atoms with Gasteiger partial charge in [-0.1, -0.05) is 0 Å². The number of halogens is 1. The maximum absolute atomic E-state index is 11.4. The predicted molar refractivity (Wildman–Crippen MR) is 63.2 cm³/mol. The summed E-state index contributed by atoms with van der Waals surface area (Å²) in [6.07, 6.45) is -0.511. The van der Waals surface area contributed by atoms with E-state index in [0.717, 1.165) is 3.57 Å². The molecule has 0 radical (unpaired) electrons. The molecule has 14 heavy (non-hydrogen) atoms. The van der Waals surface area contributed by atoms with Gasteiger partial charge in [-0.3, -0.25) is 4.79 Å². The molecule has 2 N–H and O–H groups in total. The van der Waals surface area contributed by atoms with Crippen LogP contribution in [0.1, 0.15) is 17.3 Å². The molecule has 0 fully saturated rings. The van der Waals surface area contributed by atoms with Gasteiger partial charge in [-0.2, -0.15) is 0 Å². The molecule has 0 saturated heterocycles. The van der Waals surface area contributed by atoms with Crippen molar-refractivity contribution >= 4 is 28.5 Å². The number of carbonyl (C=O) groups excluding carboxylic acids is 1. The van der Waals surface area contributed by atoms with Gasteiger partial charge < -0.3 is 10.4 Å². The normalized spacial score (nSPS) is 12.2. The maximum atomic E-state index is 11.4. The van der Waals surface area contributed by atoms with Gasteiger partial charge in [0.05, 0.1) is 6.10 Å². The molecule has 0 spiro atoms. The van der Waals surface area contributed by atoms with Crippen molar-refractivity contribution in [1.29, 1.82) is 0 Å². The lowest BCUT2D eigenvalue weighted by Crippen LogP contribution is -2.30. The second-order valence-corrected chi connectivity index (χ2v) is 4.31. The van der Waals surface area contributed by atoms with Crippen LogP contribution < -0.4 is 5.32 Å². The van der Waals surface area contributed by atoms with Gasteiger partial charge in [0.2, 0.25) is 0 Å². The summed E-state index contributed by atoms with van der Waals surface area (Å²) in [5, 5.41) is 11.6. The summed E-state index contributed by atoms with van der Waals surface area (Å²) in [6.45, 7) is 1.92. The summed E-state index contributed by atoms with van der Waals surface area (Å²) < 4.78 is 1.09. The molecule has 0 heterocycles. The third-order valence-electron chi connectivity index (χ3n) is 1.66. The zero-order chi connectivity index (χ0) is 10.6. The molecule has 0 unspecified atom stereocenters. The Hall–Kier alpha value is -0.620. The van der Waals surface area contributed by atoms with Gasteiger partial charge in [0.1, 0.15) is 0 Å². The number of amides is 1. The van der Waals surface area contributed by atoms with Gasteiger partial charge in [-0.05, 0) is 53.8 Å². The second-order valence-electron chi connectivity index (χ2n) is 3.07. The van der Waals surface area contributed by atoms with E-state index in [9.17, 15) is 4.79 Å². The van der Waals surface area contributed by atoms with Crippen molar-refractivity contribution in [3.63, 3.8) is 0 Å². The minimum atomic E-state index is -0.511. The number of hydrogen-bond acceptors (Lipinski definition) is 2. The van der Waals surface area contributed by atoms with Crippen molar-refractivity contribution < 1.29 is 9.90 Å². The molecule has 0 bridgehead atoms. The Morgan fingerprint density at radius 1 is 1.50 bits per heavy atom. The molecule has 0 aliphatic heterocycles. The first-order valence-corrected chi connectivity index (χ1v) is 5.39. The first-order chi connectivity index (χ1) is 6.59. The zero-order valence-electron chi connectivity index (χ0n) is 7.83. The van der Waals surface area contributed by atoms with E-state index in [4.69, 9.17) is 5.11 Å². The standard InChI is InChI=1S/C10H12INO2/c1-7(13)6-12-10(14)8-2-4-9(11)5-3-8/h2-5,7,13H,6H2,1H3,(H,12,14)/t7-/m0/s1. The van der Waals surface area contributed by atoms with Crippen LogP contribution in [-0.2, 0) is 0 Å². The minimum Gasteiger partial charge on any atom is -0.392 e. The fourth-order valence-corrected chi connectivity index (χ4v) is 1.30. The first-order valence-electron chi connectivity index (χ1n) is 4.31. The molecule has 1 rings (SSSR count). The molecule has 3 nitrogen and oxygen atoms in total. The number of rotatable bonds is 3. The first kappa shape index (κ1) is 11.5. The predicted octanol–water partition coefficient (Wildman–Crippen LogP) is 1.40. The molecule has 0 aliphatic carbocycles. The Labute approximate surface area is 96.7 Å². The van der Waals surface area contributed by atoms with Crippen LogP contribution in [0.2, 0.25) is 0 Å². The molecule has 0 aliphatic rings. The summed E-state index contributed by atoms with van der Waals surface area (Å²) in [6, 6.07) is 7.27. The fraction of sp³-hybridized carbons (Fsp3) is 0.300. The summed E-state index contributed by atoms with van der Waals surface area (Å²) in [4.78, 5) is 11.4. The van der Waals surface area contributed by atoms with Crippen molar-refractivity contribution in [3.8, 4) is 0 Å². The topological polar surface area (TPSA) is 49.3 Å². The van der Waals surface area contributed by atoms with Crippen LogP contribution in [0.5, 0.6) is 0 Å². The van der Waals surface area contributed by atoms with Crippen LogP contribution in [0.25, 0.3) is 0 Å². The van der Waals surface area contributed by atoms with Crippen molar-refractivity contribution in [2.75, 3.05) is 6.54 Å². The summed E-state index contributed by atoms with van der Waals surface area (Å²) >= 11 is 2.18. The van der Waals surface area contributed by atoms with Crippen LogP contribution in [-0.4, -0.2) is 23.7 Å². The van der Waals surface area contributed by atoms with E-state index in [2.05, 4.69) is 27.9 Å². The van der Waals surface area contributed by atoms with Crippen molar-refractivity contribution in [2.24, 2.45) is 0 Å². The molecule has 0 saturated carbocycles. The zero-order valence-corrected chi connectivity index (χ0v) is 9.98. The minimum absolute atomic E-state index is 0.151. The second kappa shape index (κ2) is 5.31. The number of carbonyl (C=O) groups is 1. The van der Waals surface area contributed by atoms with Crippen LogP contribution in [0.3, 0.4) is 0 Å². The molecule has 1 amide bonds. The van der Waals surface area contributed by atoms with E-state index in [1.54, 1.807) is 19.1 Å². The van der Waals surface area contributed by atoms with E-state index in [0.29, 0.717) is 5.56 Å². The van der Waals surface area contributed by atoms with Crippen LogP contribution in [0.4, 0.5) is 0 Å². The molecule has 1 aromatic carbocycles. The highest BCUT2D eigenvalue weighted by molar-refractivity contribution is 14.1. The fourth-order valence-electron chi connectivity index (χ4n) is 0.944. The number of nitrogens with one attached hydrogen (secondary N) is 1. The van der Waals surface area contributed by atoms with Gasteiger partial charge >= 0.3 is 0 Å². The van der Waals surface area contributed by atoms with Crippen molar-refractivity contribution in [3.05, 3.63) is 33.4 Å². The Balaban J connectivity index is 2.57. The van der Waals surface area contributed by atoms with Gasteiger partial charge in [-0.15, -0.1) is 0 Å². The van der Waals surface area contributed by atoms with E-state index in [1.165, 1.54) is 0 Å². The Morgan fingerprint density at radius 3 is 2.57 bits per heavy atom. The Kier molecular flexibility index (Phi) is 4.34. The summed E-state index contributed by atoms with van der Waals surface area (Å²) in [5.74, 6) is -0.151. The number of hydrogen-bond donors (Lipinski definition) is 2. The lowest BCUT2D eigenvalue weighted by Gasteiger charge is -2.06. The van der Waals surface area contributed by atoms with Gasteiger partial charge in [-0.25, -0.2) is 0 Å². The highest BCUT2D eigenvalue weighted by Gasteiger charge is 2.05. The smallest absolute Gasteiger partial charge is 0.251 e. The third-order valence-corrected chi connectivity index (χ3v) is 2.38. The average molecular weight is 305 g/mol. The van der Waals surface area contributed by atoms with Crippen molar-refractivity contribution in [1.82, 2.24) is 5.32 Å². The summed E-state index contributed by atoms with van der Waals surface area (Å²) in [5.41, 5.74) is 0.617. The monoisotopic (exact) mass is 305 g/mol. The van der Waals surface area contributed by atoms with Gasteiger partial charge in [0.15, 0.2) is 0 Å². The summed E-state index contributed by atoms with van der Waals surface area (Å²) in [7, 11) is 0. The molecular formula is C10H12INO2. The highest BCUT2D eigenvalue weighted by atomic mass is 127. The van der Waals surface area contributed by atoms with Crippen molar-refractivity contribution in [2.45, 2.75) is 13.0 Å². The number of benzene rings is 1. The van der Waals surface area contributed by atoms with E-state index in [1.807, 2.05) is 12.1 Å². The van der Waals surface area contributed by atoms with Crippen LogP contribution >= 0.6 is 22.6 Å². The number of aliphatic hydroxyl groups is 1. The van der Waals surface area contributed by atoms with Crippen LogP contribution in [0.15, 0.2) is 24.3 Å². The van der Waals surface area contributed by atoms with Gasteiger partial charge in [0, 0.05) is 15.7 Å². The lowest BCUT2D eigenvalue weighted by atomic mass is 10.2. The SMILES string of the molecule is C[C@H](O)CNC(=O)c1ccc(I)cc1. The number of aliphatic hydroxyl groups excluding tert-OH is 1. The average Bonchev–Trinajstić information content (AvgIpc) is 2.15. The van der Waals surface area contributed by atoms with Crippen LogP contribution in [0, 0.1) is 3.57 Å². The molecule has 1 aromatic rings. The molecular weight excluding hydrogens is 293 g/mol. The highest BCUT2D eigenvalue weighted by Crippen LogP contribution is 2.06. The lowest BCUT2D eigenvalue weighted by molar-refractivity contribution is 0.0924. The Morgan fingerprint density at radius 2 is 2.07 bits per heavy atom. The molecule has 4 heteroatoms. The molecule has 0 aromatic heterocycles. The maximum Gasteiger partial charge on any atom is 0.251 e. The largest absolute Gasteiger partial charge is 0.392 e. The molecule has 1 atom stereocenters. The molecule has 76 valence electrons. The third kappa shape index (κ3) is 3.63. The van der Waals surface area contributed by atoms with E-state index >= 15 is 0 Å². The Bertz CT molecular complexity index is 308. The van der Waals surface area contributed by atoms with E-state index < -0.39 is 6.10 Å².